The SMILES string of the molecule is CC(C)(C)CPN[C@@H](C(N)=O)c1ccccc1. The molecule has 1 rings (SSSR count). The second kappa shape index (κ2) is 6.13. The second-order valence-corrected chi connectivity index (χ2v) is 6.30. The fourth-order valence-corrected chi connectivity index (χ4v) is 2.53. The third-order valence-corrected chi connectivity index (χ3v) is 4.01. The molecule has 1 aromatic rings. The Bertz CT molecular complexity index is 359. The van der Waals surface area contributed by atoms with Gasteiger partial charge in [0.05, 0.1) is 0 Å². The number of benzene rings is 1. The molecule has 17 heavy (non-hydrogen) atoms. The molecular formula is C13H21N2OP. The molecule has 0 aliphatic carbocycles. The Labute approximate surface area is 105 Å². The summed E-state index contributed by atoms with van der Waals surface area (Å²) in [4.78, 5) is 11.4. The van der Waals surface area contributed by atoms with Gasteiger partial charge in [-0.1, -0.05) is 59.8 Å². The van der Waals surface area contributed by atoms with E-state index in [1.807, 2.05) is 30.3 Å². The van der Waals surface area contributed by atoms with Crippen molar-refractivity contribution in [2.75, 3.05) is 6.16 Å². The highest BCUT2D eigenvalue weighted by molar-refractivity contribution is 7.35. The molecule has 4 heteroatoms. The van der Waals surface area contributed by atoms with E-state index in [-0.39, 0.29) is 17.4 Å². The molecule has 0 aliphatic rings. The van der Waals surface area contributed by atoms with Gasteiger partial charge >= 0.3 is 0 Å². The van der Waals surface area contributed by atoms with Crippen LogP contribution in [-0.4, -0.2) is 12.1 Å². The van der Waals surface area contributed by atoms with Gasteiger partial charge in [-0.15, -0.1) is 0 Å². The summed E-state index contributed by atoms with van der Waals surface area (Å²) in [6, 6.07) is 9.23. The minimum atomic E-state index is -0.378. The van der Waals surface area contributed by atoms with Crippen molar-refractivity contribution in [3.8, 4) is 0 Å². The van der Waals surface area contributed by atoms with Crippen LogP contribution in [0.2, 0.25) is 0 Å². The number of carbonyl (C=O) groups is 1. The number of carbonyl (C=O) groups excluding carboxylic acids is 1. The zero-order chi connectivity index (χ0) is 12.9. The van der Waals surface area contributed by atoms with Crippen LogP contribution in [-0.2, 0) is 4.79 Å². The lowest BCUT2D eigenvalue weighted by molar-refractivity contribution is -0.119. The van der Waals surface area contributed by atoms with E-state index >= 15 is 0 Å². The van der Waals surface area contributed by atoms with Crippen LogP contribution in [0.25, 0.3) is 0 Å². The summed E-state index contributed by atoms with van der Waals surface area (Å²) in [6.45, 7) is 6.55. The Morgan fingerprint density at radius 3 is 2.41 bits per heavy atom. The van der Waals surface area contributed by atoms with Crippen LogP contribution < -0.4 is 10.8 Å². The van der Waals surface area contributed by atoms with Gasteiger partial charge in [0.2, 0.25) is 5.91 Å². The van der Waals surface area contributed by atoms with Crippen molar-refractivity contribution in [2.24, 2.45) is 11.1 Å². The van der Waals surface area contributed by atoms with Crippen molar-refractivity contribution in [1.82, 2.24) is 5.09 Å². The molecule has 1 amide bonds. The summed E-state index contributed by atoms with van der Waals surface area (Å²) in [7, 11) is 0.531. The van der Waals surface area contributed by atoms with Crippen LogP contribution in [0.3, 0.4) is 0 Å². The summed E-state index contributed by atoms with van der Waals surface area (Å²) in [5, 5.41) is 3.25. The van der Waals surface area contributed by atoms with Crippen LogP contribution in [0.1, 0.15) is 32.4 Å². The van der Waals surface area contributed by atoms with Crippen LogP contribution in [0.5, 0.6) is 0 Å². The van der Waals surface area contributed by atoms with E-state index < -0.39 is 0 Å². The van der Waals surface area contributed by atoms with Crippen LogP contribution in [0.15, 0.2) is 30.3 Å². The maximum Gasteiger partial charge on any atom is 0.239 e. The maximum absolute atomic E-state index is 11.4. The van der Waals surface area contributed by atoms with Crippen molar-refractivity contribution in [3.05, 3.63) is 35.9 Å². The number of amides is 1. The summed E-state index contributed by atoms with van der Waals surface area (Å²) < 4.78 is 0. The van der Waals surface area contributed by atoms with E-state index in [0.29, 0.717) is 8.73 Å². The molecule has 0 heterocycles. The summed E-state index contributed by atoms with van der Waals surface area (Å²) >= 11 is 0. The predicted octanol–water partition coefficient (Wildman–Crippen LogP) is 2.44. The van der Waals surface area contributed by atoms with Crippen molar-refractivity contribution >= 4 is 14.6 Å². The minimum absolute atomic E-state index is 0.268. The molecule has 0 spiro atoms. The standard InChI is InChI=1S/C13H21N2OP/c1-13(2,3)9-17-15-11(12(14)16)10-7-5-4-6-8-10/h4-8,11,15,17H,9H2,1-3H3,(H2,14,16)/t11-/m1/s1. The van der Waals surface area contributed by atoms with E-state index in [4.69, 9.17) is 5.73 Å². The largest absolute Gasteiger partial charge is 0.368 e. The lowest BCUT2D eigenvalue weighted by Gasteiger charge is -2.21. The third kappa shape index (κ3) is 5.29. The molecule has 0 radical (unpaired) electrons. The molecule has 3 nitrogen and oxygen atoms in total. The van der Waals surface area contributed by atoms with Gasteiger partial charge in [-0.25, -0.2) is 0 Å². The highest BCUT2D eigenvalue weighted by atomic mass is 31.1. The zero-order valence-corrected chi connectivity index (χ0v) is 11.7. The average Bonchev–Trinajstić information content (AvgIpc) is 2.23. The molecule has 1 unspecified atom stereocenters. The lowest BCUT2D eigenvalue weighted by atomic mass is 10.0. The predicted molar refractivity (Wildman–Crippen MR) is 74.2 cm³/mol. The van der Waals surface area contributed by atoms with E-state index in [0.717, 1.165) is 11.7 Å². The molecule has 1 aromatic carbocycles. The number of hydrogen-bond acceptors (Lipinski definition) is 2. The minimum Gasteiger partial charge on any atom is -0.368 e. The van der Waals surface area contributed by atoms with E-state index in [9.17, 15) is 4.79 Å². The quantitative estimate of drug-likeness (QED) is 0.791. The van der Waals surface area contributed by atoms with Crippen molar-refractivity contribution in [1.29, 1.82) is 0 Å². The van der Waals surface area contributed by atoms with Gasteiger partial charge in [-0.05, 0) is 17.1 Å². The van der Waals surface area contributed by atoms with Gasteiger partial charge in [0, 0.05) is 0 Å². The molecular weight excluding hydrogens is 231 g/mol. The Hall–Kier alpha value is -0.920. The zero-order valence-electron chi connectivity index (χ0n) is 10.7. The molecule has 2 atom stereocenters. The topological polar surface area (TPSA) is 55.1 Å². The van der Waals surface area contributed by atoms with E-state index in [1.54, 1.807) is 0 Å². The fraction of sp³-hybridized carbons (Fsp3) is 0.462. The van der Waals surface area contributed by atoms with Crippen LogP contribution in [0.4, 0.5) is 0 Å². The lowest BCUT2D eigenvalue weighted by Crippen LogP contribution is -2.30. The first-order valence-corrected chi connectivity index (χ1v) is 6.93. The highest BCUT2D eigenvalue weighted by Gasteiger charge is 2.18. The monoisotopic (exact) mass is 252 g/mol. The number of rotatable bonds is 5. The molecule has 0 bridgehead atoms. The third-order valence-electron chi connectivity index (χ3n) is 2.28. The number of hydrogen-bond donors (Lipinski definition) is 2. The van der Waals surface area contributed by atoms with Gasteiger partial charge in [0.15, 0.2) is 0 Å². The normalized spacial score (nSPS) is 14.1. The highest BCUT2D eigenvalue weighted by Crippen LogP contribution is 2.25. The van der Waals surface area contributed by atoms with Gasteiger partial charge in [-0.3, -0.25) is 9.88 Å². The van der Waals surface area contributed by atoms with Crippen molar-refractivity contribution in [2.45, 2.75) is 26.8 Å². The molecule has 3 N–H and O–H groups in total. The molecule has 0 fully saturated rings. The van der Waals surface area contributed by atoms with E-state index in [2.05, 4.69) is 25.9 Å². The molecule has 0 saturated carbocycles. The number of nitrogens with one attached hydrogen (secondary N) is 1. The summed E-state index contributed by atoms with van der Waals surface area (Å²) in [6.07, 6.45) is 1.03. The number of primary amides is 1. The Morgan fingerprint density at radius 1 is 1.35 bits per heavy atom. The second-order valence-electron chi connectivity index (χ2n) is 5.30. The maximum atomic E-state index is 11.4. The molecule has 94 valence electrons. The van der Waals surface area contributed by atoms with Gasteiger partial charge in [0.25, 0.3) is 0 Å². The summed E-state index contributed by atoms with van der Waals surface area (Å²) in [5.74, 6) is -0.322. The van der Waals surface area contributed by atoms with Crippen LogP contribution in [0, 0.1) is 5.41 Å². The number of nitrogens with two attached hydrogens (primary N) is 1. The van der Waals surface area contributed by atoms with E-state index in [1.165, 1.54) is 0 Å². The average molecular weight is 252 g/mol. The first kappa shape index (κ1) is 14.1. The molecule has 0 aliphatic heterocycles. The molecule has 0 saturated heterocycles. The van der Waals surface area contributed by atoms with Crippen molar-refractivity contribution in [3.63, 3.8) is 0 Å². The fourth-order valence-electron chi connectivity index (χ4n) is 1.38. The Balaban J connectivity index is 2.60. The van der Waals surface area contributed by atoms with Gasteiger partial charge in [-0.2, -0.15) is 0 Å². The smallest absolute Gasteiger partial charge is 0.239 e. The van der Waals surface area contributed by atoms with Crippen LogP contribution >= 0.6 is 8.73 Å². The van der Waals surface area contributed by atoms with Gasteiger partial charge in [0.1, 0.15) is 6.04 Å². The first-order chi connectivity index (χ1) is 7.90. The van der Waals surface area contributed by atoms with Crippen molar-refractivity contribution < 1.29 is 4.79 Å². The Morgan fingerprint density at radius 2 is 1.94 bits per heavy atom. The molecule has 0 aromatic heterocycles. The van der Waals surface area contributed by atoms with Gasteiger partial charge < -0.3 is 5.73 Å². The first-order valence-electron chi connectivity index (χ1n) is 5.73. The Kier molecular flexibility index (Phi) is 5.10. The summed E-state index contributed by atoms with van der Waals surface area (Å²) in [5.41, 5.74) is 6.62.